The highest BCUT2D eigenvalue weighted by atomic mass is 35.5. The summed E-state index contributed by atoms with van der Waals surface area (Å²) >= 11 is 6.04. The molecule has 1 saturated heterocycles. The lowest BCUT2D eigenvalue weighted by Gasteiger charge is -2.39. The molecule has 0 amide bonds. The molecule has 0 atom stereocenters. The van der Waals surface area contributed by atoms with E-state index in [1.807, 2.05) is 24.3 Å². The van der Waals surface area contributed by atoms with Crippen LogP contribution >= 0.6 is 11.6 Å². The maximum absolute atomic E-state index is 6.04. The second kappa shape index (κ2) is 10.6. The van der Waals surface area contributed by atoms with E-state index in [-0.39, 0.29) is 6.04 Å². The van der Waals surface area contributed by atoms with Gasteiger partial charge in [0.25, 0.3) is 0 Å². The quantitative estimate of drug-likeness (QED) is 0.383. The number of nitrogens with zero attached hydrogens (tertiary/aromatic N) is 3. The van der Waals surface area contributed by atoms with Crippen molar-refractivity contribution in [3.05, 3.63) is 107 Å². The molecule has 3 aromatic rings. The second-order valence-electron chi connectivity index (χ2n) is 7.76. The summed E-state index contributed by atoms with van der Waals surface area (Å²) in [6.45, 7) is 4.70. The molecule has 160 valence electrons. The first kappa shape index (κ1) is 21.6. The lowest BCUT2D eigenvalue weighted by Crippen LogP contribution is -2.49. The summed E-state index contributed by atoms with van der Waals surface area (Å²) in [4.78, 5) is 10.1. The van der Waals surface area contributed by atoms with Crippen molar-refractivity contribution in [1.29, 1.82) is 0 Å². The Bertz CT molecular complexity index is 929. The fourth-order valence-electron chi connectivity index (χ4n) is 4.20. The Morgan fingerprint density at radius 3 is 1.90 bits per heavy atom. The average molecular weight is 434 g/mol. The Hall–Kier alpha value is -2.66. The molecule has 0 N–H and O–H groups in total. The van der Waals surface area contributed by atoms with E-state index in [9.17, 15) is 0 Å². The van der Waals surface area contributed by atoms with Crippen LogP contribution in [0.3, 0.4) is 0 Å². The zero-order chi connectivity index (χ0) is 21.5. The Morgan fingerprint density at radius 2 is 1.39 bits per heavy atom. The predicted octanol–water partition coefficient (Wildman–Crippen LogP) is 5.10. The molecule has 0 spiro atoms. The topological polar surface area (TPSA) is 28.1 Å². The Balaban J connectivity index is 1.46. The summed E-state index contributed by atoms with van der Waals surface area (Å²) in [5, 5.41) is 5.01. The largest absolute Gasteiger partial charge is 0.399 e. The van der Waals surface area contributed by atoms with Gasteiger partial charge in [-0.15, -0.1) is 0 Å². The molecule has 0 aliphatic carbocycles. The van der Waals surface area contributed by atoms with Gasteiger partial charge in [0.15, 0.2) is 0 Å². The lowest BCUT2D eigenvalue weighted by molar-refractivity contribution is 0.119. The smallest absolute Gasteiger partial charge is 0.106 e. The predicted molar refractivity (Wildman–Crippen MR) is 128 cm³/mol. The Morgan fingerprint density at radius 1 is 0.839 bits per heavy atom. The first-order valence-electron chi connectivity index (χ1n) is 10.7. The molecule has 0 bridgehead atoms. The van der Waals surface area contributed by atoms with E-state index in [1.165, 1.54) is 11.1 Å². The number of halogens is 1. The molecule has 1 fully saturated rings. The van der Waals surface area contributed by atoms with Gasteiger partial charge in [0, 0.05) is 43.3 Å². The number of oxime groups is 1. The van der Waals surface area contributed by atoms with E-state index in [1.54, 1.807) is 7.11 Å². The van der Waals surface area contributed by atoms with E-state index in [0.29, 0.717) is 0 Å². The molecular formula is C26H28ClN3O. The van der Waals surface area contributed by atoms with E-state index >= 15 is 0 Å². The highest BCUT2D eigenvalue weighted by Crippen LogP contribution is 2.29. The zero-order valence-corrected chi connectivity index (χ0v) is 18.6. The monoisotopic (exact) mass is 433 g/mol. The summed E-state index contributed by atoms with van der Waals surface area (Å²) in [7, 11) is 1.60. The van der Waals surface area contributed by atoms with Crippen LogP contribution in [0.5, 0.6) is 0 Å². The summed E-state index contributed by atoms with van der Waals surface area (Å²) < 4.78 is 0. The van der Waals surface area contributed by atoms with Crippen molar-refractivity contribution < 1.29 is 4.84 Å². The summed E-state index contributed by atoms with van der Waals surface area (Å²) in [5.74, 6) is 0. The van der Waals surface area contributed by atoms with Gasteiger partial charge in [-0.2, -0.15) is 0 Å². The van der Waals surface area contributed by atoms with Crippen molar-refractivity contribution in [1.82, 2.24) is 9.80 Å². The molecule has 4 nitrogen and oxygen atoms in total. The fraction of sp³-hybridized carbons (Fsp3) is 0.269. The van der Waals surface area contributed by atoms with Gasteiger partial charge in [-0.25, -0.2) is 0 Å². The number of hydrogen-bond donors (Lipinski definition) is 0. The minimum Gasteiger partial charge on any atom is -0.399 e. The van der Waals surface area contributed by atoms with E-state index in [4.69, 9.17) is 16.4 Å². The third-order valence-corrected chi connectivity index (χ3v) is 6.01. The summed E-state index contributed by atoms with van der Waals surface area (Å²) in [6.07, 6.45) is 0. The Kier molecular flexibility index (Phi) is 7.36. The van der Waals surface area contributed by atoms with Gasteiger partial charge < -0.3 is 4.84 Å². The molecule has 0 saturated carbocycles. The third-order valence-electron chi connectivity index (χ3n) is 5.75. The number of rotatable bonds is 7. The maximum Gasteiger partial charge on any atom is 0.106 e. The minimum atomic E-state index is 0.271. The first-order valence-corrected chi connectivity index (χ1v) is 11.0. The van der Waals surface area contributed by atoms with Crippen LogP contribution in [0.1, 0.15) is 22.7 Å². The van der Waals surface area contributed by atoms with Crippen LogP contribution in [-0.2, 0) is 4.84 Å². The van der Waals surface area contributed by atoms with Gasteiger partial charge in [-0.3, -0.25) is 9.80 Å². The highest BCUT2D eigenvalue weighted by molar-refractivity contribution is 6.30. The third kappa shape index (κ3) is 5.53. The second-order valence-corrected chi connectivity index (χ2v) is 8.20. The summed E-state index contributed by atoms with van der Waals surface area (Å²) in [6, 6.07) is 29.6. The molecule has 4 rings (SSSR count). The van der Waals surface area contributed by atoms with E-state index in [2.05, 4.69) is 75.6 Å². The number of piperazine rings is 1. The Labute approximate surface area is 189 Å². The molecule has 5 heteroatoms. The zero-order valence-electron chi connectivity index (χ0n) is 17.8. The molecule has 1 aliphatic rings. The van der Waals surface area contributed by atoms with E-state index < -0.39 is 0 Å². The van der Waals surface area contributed by atoms with Crippen LogP contribution < -0.4 is 0 Å². The minimum absolute atomic E-state index is 0.271. The van der Waals surface area contributed by atoms with Gasteiger partial charge >= 0.3 is 0 Å². The van der Waals surface area contributed by atoms with Crippen molar-refractivity contribution in [2.24, 2.45) is 5.16 Å². The molecule has 3 aromatic carbocycles. The molecule has 1 aliphatic heterocycles. The van der Waals surface area contributed by atoms with Gasteiger partial charge in [0.2, 0.25) is 0 Å². The molecule has 0 aromatic heterocycles. The fourth-order valence-corrected chi connectivity index (χ4v) is 4.33. The molecule has 1 heterocycles. The van der Waals surface area contributed by atoms with E-state index in [0.717, 1.165) is 49.0 Å². The molecule has 31 heavy (non-hydrogen) atoms. The van der Waals surface area contributed by atoms with Crippen molar-refractivity contribution in [2.45, 2.75) is 6.04 Å². The van der Waals surface area contributed by atoms with Crippen molar-refractivity contribution in [2.75, 3.05) is 39.8 Å². The number of hydrogen-bond acceptors (Lipinski definition) is 4. The summed E-state index contributed by atoms with van der Waals surface area (Å²) in [5.41, 5.74) is 4.64. The number of benzene rings is 3. The van der Waals surface area contributed by atoms with Crippen LogP contribution in [-0.4, -0.2) is 55.3 Å². The van der Waals surface area contributed by atoms with Gasteiger partial charge in [-0.1, -0.05) is 89.6 Å². The van der Waals surface area contributed by atoms with Gasteiger partial charge in [-0.05, 0) is 23.3 Å². The first-order chi connectivity index (χ1) is 15.2. The van der Waals surface area contributed by atoms with Crippen LogP contribution in [0.25, 0.3) is 0 Å². The molecular weight excluding hydrogens is 406 g/mol. The lowest BCUT2D eigenvalue weighted by atomic mass is 9.96. The van der Waals surface area contributed by atoms with Crippen molar-refractivity contribution in [3.63, 3.8) is 0 Å². The standard InChI is InChI=1S/C26H28ClN3O/c1-31-28-25(21-12-14-24(27)15-13-21)20-29-16-18-30(19-17-29)26(22-8-4-2-5-9-22)23-10-6-3-7-11-23/h2-15,26H,16-20H2,1H3. The van der Waals surface area contributed by atoms with Gasteiger partial charge in [0.05, 0.1) is 6.04 Å². The van der Waals surface area contributed by atoms with Crippen LogP contribution in [0.4, 0.5) is 0 Å². The average Bonchev–Trinajstić information content (AvgIpc) is 2.82. The maximum atomic E-state index is 6.04. The van der Waals surface area contributed by atoms with Crippen molar-refractivity contribution >= 4 is 17.3 Å². The van der Waals surface area contributed by atoms with Gasteiger partial charge in [0.1, 0.15) is 12.8 Å². The van der Waals surface area contributed by atoms with Crippen LogP contribution in [0, 0.1) is 0 Å². The van der Waals surface area contributed by atoms with Crippen LogP contribution in [0.15, 0.2) is 90.1 Å². The molecule has 0 radical (unpaired) electrons. The highest BCUT2D eigenvalue weighted by Gasteiger charge is 2.27. The van der Waals surface area contributed by atoms with Crippen LogP contribution in [0.2, 0.25) is 5.02 Å². The molecule has 0 unspecified atom stereocenters. The SMILES string of the molecule is CON=C(CN1CCN(C(c2ccccc2)c2ccccc2)CC1)c1ccc(Cl)cc1. The van der Waals surface area contributed by atoms with Crippen molar-refractivity contribution in [3.8, 4) is 0 Å². The normalized spacial score (nSPS) is 15.9.